The molecule has 0 radical (unpaired) electrons. The lowest BCUT2D eigenvalue weighted by Crippen LogP contribution is -2.48. The molecule has 3 N–H and O–H groups in total. The number of imidazole rings is 1. The minimum Gasteiger partial charge on any atom is -0.355 e. The number of fused-ring (bicyclic) bond motifs is 1. The molecule has 1 amide bonds. The monoisotopic (exact) mass is 344 g/mol. The number of nitrogens with one attached hydrogen (secondary N) is 3. The molecule has 1 heterocycles. The summed E-state index contributed by atoms with van der Waals surface area (Å²) < 4.78 is 2.17. The summed E-state index contributed by atoms with van der Waals surface area (Å²) in [6.07, 6.45) is 0. The van der Waals surface area contributed by atoms with Gasteiger partial charge < -0.3 is 20.5 Å². The molecule has 2 aromatic rings. The first kappa shape index (κ1) is 18.8. The molecule has 7 heteroatoms. The Bertz CT molecular complexity index is 757. The van der Waals surface area contributed by atoms with Gasteiger partial charge in [-0.25, -0.2) is 4.98 Å². The van der Waals surface area contributed by atoms with Gasteiger partial charge in [-0.3, -0.25) is 9.79 Å². The van der Waals surface area contributed by atoms with E-state index in [-0.39, 0.29) is 18.0 Å². The second-order valence-corrected chi connectivity index (χ2v) is 6.95. The van der Waals surface area contributed by atoms with E-state index in [2.05, 4.69) is 36.6 Å². The molecule has 0 fully saturated rings. The van der Waals surface area contributed by atoms with Crippen LogP contribution in [0.2, 0.25) is 0 Å². The third-order valence-electron chi connectivity index (χ3n) is 3.63. The Kier molecular flexibility index (Phi) is 6.01. The Labute approximate surface area is 148 Å². The maximum Gasteiger partial charge on any atom is 0.239 e. The van der Waals surface area contributed by atoms with Crippen LogP contribution >= 0.6 is 0 Å². The van der Waals surface area contributed by atoms with Crippen molar-refractivity contribution in [3.8, 4) is 0 Å². The van der Waals surface area contributed by atoms with Crippen molar-refractivity contribution in [1.29, 1.82) is 0 Å². The normalized spacial score (nSPS) is 12.3. The number of amides is 1. The highest BCUT2D eigenvalue weighted by molar-refractivity contribution is 5.86. The van der Waals surface area contributed by atoms with Crippen LogP contribution in [0.5, 0.6) is 0 Å². The van der Waals surface area contributed by atoms with E-state index in [4.69, 9.17) is 0 Å². The molecule has 136 valence electrons. The van der Waals surface area contributed by atoms with E-state index in [0.29, 0.717) is 12.5 Å². The van der Waals surface area contributed by atoms with Crippen LogP contribution in [-0.4, -0.2) is 47.1 Å². The maximum absolute atomic E-state index is 11.9. The van der Waals surface area contributed by atoms with Gasteiger partial charge in [-0.05, 0) is 39.8 Å². The van der Waals surface area contributed by atoms with Gasteiger partial charge in [0.1, 0.15) is 5.82 Å². The highest BCUT2D eigenvalue weighted by Crippen LogP contribution is 2.14. The van der Waals surface area contributed by atoms with E-state index in [0.717, 1.165) is 23.4 Å². The van der Waals surface area contributed by atoms with Gasteiger partial charge in [0, 0.05) is 25.7 Å². The number of aryl methyl sites for hydroxylation is 1. The van der Waals surface area contributed by atoms with Crippen LogP contribution in [0.1, 0.15) is 26.6 Å². The van der Waals surface area contributed by atoms with Crippen molar-refractivity contribution in [3.05, 3.63) is 30.1 Å². The van der Waals surface area contributed by atoms with Crippen LogP contribution in [0.25, 0.3) is 11.0 Å². The number of nitrogens with zero attached hydrogens (tertiary/aromatic N) is 3. The van der Waals surface area contributed by atoms with E-state index in [1.165, 1.54) is 0 Å². The fourth-order valence-electron chi connectivity index (χ4n) is 2.61. The summed E-state index contributed by atoms with van der Waals surface area (Å²) in [6, 6.07) is 8.09. The number of benzene rings is 1. The van der Waals surface area contributed by atoms with Gasteiger partial charge in [0.2, 0.25) is 5.91 Å². The number of carbonyl (C=O) groups is 1. The van der Waals surface area contributed by atoms with E-state index in [9.17, 15) is 4.79 Å². The standard InChI is InChI=1S/C18H28N6O/c1-13-22-14-8-6-7-9-15(14)24(13)11-10-20-17(19-5)21-12-16(25)23-18(2,3)4/h6-9H,10-12H2,1-5H3,(H,23,25)(H2,19,20,21). The van der Waals surface area contributed by atoms with Crippen molar-refractivity contribution in [1.82, 2.24) is 25.5 Å². The number of rotatable bonds is 5. The topological polar surface area (TPSA) is 83.3 Å². The fourth-order valence-corrected chi connectivity index (χ4v) is 2.61. The average Bonchev–Trinajstić information content (AvgIpc) is 2.84. The summed E-state index contributed by atoms with van der Waals surface area (Å²) in [5.41, 5.74) is 1.88. The Morgan fingerprint density at radius 3 is 2.64 bits per heavy atom. The maximum atomic E-state index is 11.9. The van der Waals surface area contributed by atoms with Crippen molar-refractivity contribution in [2.45, 2.75) is 39.8 Å². The molecule has 1 aromatic carbocycles. The quantitative estimate of drug-likeness (QED) is 0.566. The van der Waals surface area contributed by atoms with Gasteiger partial charge in [0.05, 0.1) is 17.6 Å². The minimum absolute atomic E-state index is 0.0631. The predicted octanol–water partition coefficient (Wildman–Crippen LogP) is 1.42. The summed E-state index contributed by atoms with van der Waals surface area (Å²) in [7, 11) is 1.69. The van der Waals surface area contributed by atoms with E-state index >= 15 is 0 Å². The molecule has 2 rings (SSSR count). The number of carbonyl (C=O) groups excluding carboxylic acids is 1. The lowest BCUT2D eigenvalue weighted by molar-refractivity contribution is -0.121. The number of aliphatic imine (C=N–C) groups is 1. The summed E-state index contributed by atoms with van der Waals surface area (Å²) >= 11 is 0. The third kappa shape index (κ3) is 5.48. The molecule has 25 heavy (non-hydrogen) atoms. The SMILES string of the molecule is CN=C(NCCn1c(C)nc2ccccc21)NCC(=O)NC(C)(C)C. The number of para-hydroxylation sites is 2. The van der Waals surface area contributed by atoms with Gasteiger partial charge in [-0.2, -0.15) is 0 Å². The van der Waals surface area contributed by atoms with Crippen molar-refractivity contribution < 1.29 is 4.79 Å². The largest absolute Gasteiger partial charge is 0.355 e. The Morgan fingerprint density at radius 2 is 1.96 bits per heavy atom. The van der Waals surface area contributed by atoms with Crippen LogP contribution in [-0.2, 0) is 11.3 Å². The molecular weight excluding hydrogens is 316 g/mol. The first-order valence-corrected chi connectivity index (χ1v) is 8.47. The predicted molar refractivity (Wildman–Crippen MR) is 102 cm³/mol. The van der Waals surface area contributed by atoms with Crippen molar-refractivity contribution in [2.75, 3.05) is 20.1 Å². The van der Waals surface area contributed by atoms with E-state index in [1.54, 1.807) is 7.05 Å². The molecule has 0 aliphatic heterocycles. The highest BCUT2D eigenvalue weighted by Gasteiger charge is 2.13. The first-order valence-electron chi connectivity index (χ1n) is 8.47. The molecule has 0 atom stereocenters. The zero-order chi connectivity index (χ0) is 18.4. The molecule has 1 aromatic heterocycles. The number of guanidine groups is 1. The lowest BCUT2D eigenvalue weighted by Gasteiger charge is -2.21. The molecule has 0 aliphatic carbocycles. The van der Waals surface area contributed by atoms with Crippen molar-refractivity contribution in [2.24, 2.45) is 4.99 Å². The summed E-state index contributed by atoms with van der Waals surface area (Å²) in [4.78, 5) is 20.6. The molecular formula is C18H28N6O. The molecule has 0 saturated carbocycles. The van der Waals surface area contributed by atoms with Gasteiger partial charge in [-0.15, -0.1) is 0 Å². The summed E-state index contributed by atoms with van der Waals surface area (Å²) in [5.74, 6) is 1.52. The fraction of sp³-hybridized carbons (Fsp3) is 0.500. The summed E-state index contributed by atoms with van der Waals surface area (Å²) in [5, 5.41) is 9.16. The molecule has 0 saturated heterocycles. The second-order valence-electron chi connectivity index (χ2n) is 6.95. The molecule has 0 bridgehead atoms. The molecule has 7 nitrogen and oxygen atoms in total. The van der Waals surface area contributed by atoms with Crippen LogP contribution in [0, 0.1) is 6.92 Å². The summed E-state index contributed by atoms with van der Waals surface area (Å²) in [6.45, 7) is 9.50. The van der Waals surface area contributed by atoms with Crippen LogP contribution in [0.15, 0.2) is 29.3 Å². The van der Waals surface area contributed by atoms with Gasteiger partial charge in [0.25, 0.3) is 0 Å². The van der Waals surface area contributed by atoms with Gasteiger partial charge in [0.15, 0.2) is 5.96 Å². The highest BCUT2D eigenvalue weighted by atomic mass is 16.2. The Hall–Kier alpha value is -2.57. The van der Waals surface area contributed by atoms with Crippen LogP contribution in [0.4, 0.5) is 0 Å². The minimum atomic E-state index is -0.240. The van der Waals surface area contributed by atoms with Crippen molar-refractivity contribution in [3.63, 3.8) is 0 Å². The smallest absolute Gasteiger partial charge is 0.239 e. The number of hydrogen-bond acceptors (Lipinski definition) is 3. The number of aromatic nitrogens is 2. The van der Waals surface area contributed by atoms with E-state index < -0.39 is 0 Å². The zero-order valence-electron chi connectivity index (χ0n) is 15.7. The molecule has 0 spiro atoms. The molecule has 0 aliphatic rings. The van der Waals surface area contributed by atoms with Gasteiger partial charge in [-0.1, -0.05) is 12.1 Å². The first-order chi connectivity index (χ1) is 11.8. The Morgan fingerprint density at radius 1 is 1.24 bits per heavy atom. The lowest BCUT2D eigenvalue weighted by atomic mass is 10.1. The van der Waals surface area contributed by atoms with Gasteiger partial charge >= 0.3 is 0 Å². The van der Waals surface area contributed by atoms with E-state index in [1.807, 2.05) is 45.9 Å². The third-order valence-corrected chi connectivity index (χ3v) is 3.63. The molecule has 0 unspecified atom stereocenters. The Balaban J connectivity index is 1.85. The number of hydrogen-bond donors (Lipinski definition) is 3. The zero-order valence-corrected chi connectivity index (χ0v) is 15.7. The average molecular weight is 344 g/mol. The van der Waals surface area contributed by atoms with Crippen molar-refractivity contribution >= 4 is 22.9 Å². The van der Waals surface area contributed by atoms with Crippen LogP contribution < -0.4 is 16.0 Å². The van der Waals surface area contributed by atoms with Crippen LogP contribution in [0.3, 0.4) is 0 Å². The second kappa shape index (κ2) is 8.00.